The minimum absolute atomic E-state index is 0.116. The summed E-state index contributed by atoms with van der Waals surface area (Å²) in [5.74, 6) is 0.366. The standard InChI is InChI=1S/C13H21FN2/c1-4-15-9-16-12-6-5-11(7-10(2)3)13(14)8-12/h5-6,8,10,15-16H,4,7,9H2,1-3H3. The van der Waals surface area contributed by atoms with Crippen LogP contribution in [0.5, 0.6) is 0 Å². The highest BCUT2D eigenvalue weighted by Gasteiger charge is 2.05. The lowest BCUT2D eigenvalue weighted by molar-refractivity contribution is 0.574. The summed E-state index contributed by atoms with van der Waals surface area (Å²) >= 11 is 0. The second-order valence-corrected chi connectivity index (χ2v) is 4.36. The largest absolute Gasteiger partial charge is 0.372 e. The molecule has 16 heavy (non-hydrogen) atoms. The van der Waals surface area contributed by atoms with Gasteiger partial charge in [0, 0.05) is 5.69 Å². The molecule has 0 atom stereocenters. The summed E-state index contributed by atoms with van der Waals surface area (Å²) in [4.78, 5) is 0. The maximum atomic E-state index is 13.7. The molecule has 0 bridgehead atoms. The Bertz CT molecular complexity index is 324. The van der Waals surface area contributed by atoms with Gasteiger partial charge < -0.3 is 10.6 Å². The third-order valence-corrected chi connectivity index (χ3v) is 2.35. The zero-order valence-electron chi connectivity index (χ0n) is 10.3. The summed E-state index contributed by atoms with van der Waals surface area (Å²) in [6.45, 7) is 7.79. The van der Waals surface area contributed by atoms with Crippen LogP contribution in [0.3, 0.4) is 0 Å². The van der Waals surface area contributed by atoms with Crippen molar-refractivity contribution >= 4 is 5.69 Å². The van der Waals surface area contributed by atoms with Crippen molar-refractivity contribution in [1.29, 1.82) is 0 Å². The van der Waals surface area contributed by atoms with Gasteiger partial charge in [-0.1, -0.05) is 26.8 Å². The minimum atomic E-state index is -0.116. The molecule has 2 N–H and O–H groups in total. The van der Waals surface area contributed by atoms with E-state index in [1.54, 1.807) is 6.07 Å². The third-order valence-electron chi connectivity index (χ3n) is 2.35. The molecule has 0 radical (unpaired) electrons. The number of benzene rings is 1. The van der Waals surface area contributed by atoms with E-state index in [4.69, 9.17) is 0 Å². The van der Waals surface area contributed by atoms with Gasteiger partial charge in [-0.15, -0.1) is 0 Å². The molecule has 1 aromatic carbocycles. The van der Waals surface area contributed by atoms with E-state index in [0.29, 0.717) is 12.6 Å². The van der Waals surface area contributed by atoms with E-state index >= 15 is 0 Å². The molecule has 0 aliphatic heterocycles. The van der Waals surface area contributed by atoms with E-state index in [0.717, 1.165) is 24.2 Å². The van der Waals surface area contributed by atoms with Crippen molar-refractivity contribution in [3.63, 3.8) is 0 Å². The molecule has 0 amide bonds. The predicted octanol–water partition coefficient (Wildman–Crippen LogP) is 3.00. The third kappa shape index (κ3) is 4.19. The summed E-state index contributed by atoms with van der Waals surface area (Å²) in [6.07, 6.45) is 0.791. The molecule has 0 aliphatic rings. The maximum Gasteiger partial charge on any atom is 0.128 e. The van der Waals surface area contributed by atoms with Gasteiger partial charge in [-0.2, -0.15) is 0 Å². The highest BCUT2D eigenvalue weighted by atomic mass is 19.1. The number of halogens is 1. The van der Waals surface area contributed by atoms with E-state index in [1.807, 2.05) is 19.1 Å². The van der Waals surface area contributed by atoms with Crippen LogP contribution >= 0.6 is 0 Å². The number of anilines is 1. The predicted molar refractivity (Wildman–Crippen MR) is 67.1 cm³/mol. The second-order valence-electron chi connectivity index (χ2n) is 4.36. The Labute approximate surface area is 97.3 Å². The van der Waals surface area contributed by atoms with Crippen LogP contribution in [0.15, 0.2) is 18.2 Å². The summed E-state index contributed by atoms with van der Waals surface area (Å²) in [6, 6.07) is 5.36. The Balaban J connectivity index is 2.60. The number of hydrogen-bond donors (Lipinski definition) is 2. The van der Waals surface area contributed by atoms with Gasteiger partial charge >= 0.3 is 0 Å². The van der Waals surface area contributed by atoms with Crippen LogP contribution in [0.4, 0.5) is 10.1 Å². The molecule has 0 unspecified atom stereocenters. The summed E-state index contributed by atoms with van der Waals surface area (Å²) in [5.41, 5.74) is 1.62. The van der Waals surface area contributed by atoms with Crippen LogP contribution < -0.4 is 10.6 Å². The lowest BCUT2D eigenvalue weighted by Gasteiger charge is -2.10. The lowest BCUT2D eigenvalue weighted by Crippen LogP contribution is -2.21. The molecule has 0 heterocycles. The average molecular weight is 224 g/mol. The summed E-state index contributed by atoms with van der Waals surface area (Å²) in [5, 5.41) is 6.25. The SMILES string of the molecule is CCNCNc1ccc(CC(C)C)c(F)c1. The van der Waals surface area contributed by atoms with Crippen molar-refractivity contribution in [2.75, 3.05) is 18.5 Å². The normalized spacial score (nSPS) is 10.8. The molecular weight excluding hydrogens is 203 g/mol. The Kier molecular flexibility index (Phi) is 5.26. The van der Waals surface area contributed by atoms with E-state index in [1.165, 1.54) is 0 Å². The fourth-order valence-electron chi connectivity index (χ4n) is 1.55. The maximum absolute atomic E-state index is 13.7. The van der Waals surface area contributed by atoms with Crippen molar-refractivity contribution in [2.24, 2.45) is 5.92 Å². The molecule has 0 spiro atoms. The van der Waals surface area contributed by atoms with Crippen molar-refractivity contribution in [3.05, 3.63) is 29.6 Å². The van der Waals surface area contributed by atoms with Gasteiger partial charge in [-0.25, -0.2) is 4.39 Å². The molecule has 2 nitrogen and oxygen atoms in total. The molecular formula is C13H21FN2. The van der Waals surface area contributed by atoms with Crippen LogP contribution in [-0.4, -0.2) is 13.2 Å². The minimum Gasteiger partial charge on any atom is -0.372 e. The Morgan fingerprint density at radius 3 is 2.62 bits per heavy atom. The van der Waals surface area contributed by atoms with Crippen molar-refractivity contribution in [3.8, 4) is 0 Å². The molecule has 0 fully saturated rings. The van der Waals surface area contributed by atoms with Gasteiger partial charge in [0.25, 0.3) is 0 Å². The van der Waals surface area contributed by atoms with Gasteiger partial charge in [0.2, 0.25) is 0 Å². The molecule has 0 saturated carbocycles. The number of rotatable bonds is 6. The Morgan fingerprint density at radius 1 is 1.31 bits per heavy atom. The molecule has 0 aromatic heterocycles. The number of nitrogens with one attached hydrogen (secondary N) is 2. The molecule has 1 aromatic rings. The zero-order valence-corrected chi connectivity index (χ0v) is 10.3. The van der Waals surface area contributed by atoms with Crippen molar-refractivity contribution in [2.45, 2.75) is 27.2 Å². The van der Waals surface area contributed by atoms with E-state index in [9.17, 15) is 4.39 Å². The number of hydrogen-bond acceptors (Lipinski definition) is 2. The smallest absolute Gasteiger partial charge is 0.128 e. The van der Waals surface area contributed by atoms with Crippen LogP contribution in [0.25, 0.3) is 0 Å². The lowest BCUT2D eigenvalue weighted by atomic mass is 10.0. The van der Waals surface area contributed by atoms with E-state index in [2.05, 4.69) is 24.5 Å². The fraction of sp³-hybridized carbons (Fsp3) is 0.538. The first kappa shape index (κ1) is 13.0. The first-order chi connectivity index (χ1) is 7.63. The van der Waals surface area contributed by atoms with Gasteiger partial charge in [-0.3, -0.25) is 0 Å². The van der Waals surface area contributed by atoms with Crippen LogP contribution in [0, 0.1) is 11.7 Å². The quantitative estimate of drug-likeness (QED) is 0.573. The molecule has 3 heteroatoms. The zero-order chi connectivity index (χ0) is 12.0. The van der Waals surface area contributed by atoms with Crippen LogP contribution in [0.1, 0.15) is 26.3 Å². The fourth-order valence-corrected chi connectivity index (χ4v) is 1.55. The summed E-state index contributed by atoms with van der Waals surface area (Å²) < 4.78 is 13.7. The molecule has 0 aliphatic carbocycles. The van der Waals surface area contributed by atoms with Gasteiger partial charge in [-0.05, 0) is 36.6 Å². The van der Waals surface area contributed by atoms with Crippen LogP contribution in [0.2, 0.25) is 0 Å². The highest BCUT2D eigenvalue weighted by molar-refractivity contribution is 5.45. The Morgan fingerprint density at radius 2 is 2.06 bits per heavy atom. The molecule has 0 saturated heterocycles. The topological polar surface area (TPSA) is 24.1 Å². The van der Waals surface area contributed by atoms with E-state index in [-0.39, 0.29) is 5.82 Å². The Hall–Kier alpha value is -1.09. The highest BCUT2D eigenvalue weighted by Crippen LogP contribution is 2.17. The summed E-state index contributed by atoms with van der Waals surface area (Å²) in [7, 11) is 0. The first-order valence-electron chi connectivity index (χ1n) is 5.86. The average Bonchev–Trinajstić information content (AvgIpc) is 2.22. The molecule has 1 rings (SSSR count). The van der Waals surface area contributed by atoms with Crippen molar-refractivity contribution < 1.29 is 4.39 Å². The second kappa shape index (κ2) is 6.48. The van der Waals surface area contributed by atoms with Gasteiger partial charge in [0.15, 0.2) is 0 Å². The first-order valence-corrected chi connectivity index (χ1v) is 5.86. The van der Waals surface area contributed by atoms with Gasteiger partial charge in [0.1, 0.15) is 5.82 Å². The van der Waals surface area contributed by atoms with Gasteiger partial charge in [0.05, 0.1) is 6.67 Å². The monoisotopic (exact) mass is 224 g/mol. The molecule has 90 valence electrons. The van der Waals surface area contributed by atoms with Crippen molar-refractivity contribution in [1.82, 2.24) is 5.32 Å². The van der Waals surface area contributed by atoms with E-state index < -0.39 is 0 Å². The van der Waals surface area contributed by atoms with Crippen LogP contribution in [-0.2, 0) is 6.42 Å².